The van der Waals surface area contributed by atoms with E-state index in [1.807, 2.05) is 72.8 Å². The molecular formula is C22H23ClN2O2. The molecule has 0 spiro atoms. The molecule has 3 aromatic rings. The van der Waals surface area contributed by atoms with Gasteiger partial charge in [-0.1, -0.05) is 66.7 Å². The normalized spacial score (nSPS) is 9.93. The number of amides is 1. The van der Waals surface area contributed by atoms with Crippen molar-refractivity contribution in [2.75, 3.05) is 11.9 Å². The van der Waals surface area contributed by atoms with Gasteiger partial charge in [0.05, 0.1) is 0 Å². The van der Waals surface area contributed by atoms with Crippen molar-refractivity contribution in [3.05, 3.63) is 96.1 Å². The largest absolute Gasteiger partial charge is 0.483 e. The predicted octanol–water partition coefficient (Wildman–Crippen LogP) is 4.42. The smallest absolute Gasteiger partial charge is 0.262 e. The maximum Gasteiger partial charge on any atom is 0.262 e. The summed E-state index contributed by atoms with van der Waals surface area (Å²) < 4.78 is 5.72. The minimum atomic E-state index is -0.178. The topological polar surface area (TPSA) is 50.4 Å². The molecule has 5 heteroatoms. The molecule has 0 bridgehead atoms. The van der Waals surface area contributed by atoms with Crippen LogP contribution in [0.5, 0.6) is 5.75 Å². The number of ether oxygens (including phenoxy) is 1. The maximum atomic E-state index is 12.0. The molecule has 0 aliphatic heterocycles. The first-order valence-electron chi connectivity index (χ1n) is 8.61. The minimum absolute atomic E-state index is 0. The zero-order valence-corrected chi connectivity index (χ0v) is 15.7. The van der Waals surface area contributed by atoms with Gasteiger partial charge in [-0.15, -0.1) is 12.4 Å². The van der Waals surface area contributed by atoms with Gasteiger partial charge in [-0.05, 0) is 23.8 Å². The first kappa shape index (κ1) is 20.5. The highest BCUT2D eigenvalue weighted by Gasteiger charge is 2.07. The second kappa shape index (κ2) is 11.0. The van der Waals surface area contributed by atoms with Crippen LogP contribution in [0, 0.1) is 0 Å². The van der Waals surface area contributed by atoms with Gasteiger partial charge in [-0.25, -0.2) is 0 Å². The van der Waals surface area contributed by atoms with Gasteiger partial charge >= 0.3 is 0 Å². The molecule has 0 aliphatic carbocycles. The van der Waals surface area contributed by atoms with Crippen LogP contribution in [0.15, 0.2) is 84.9 Å². The number of carbonyl (C=O) groups excluding carboxylic acids is 1. The van der Waals surface area contributed by atoms with Crippen molar-refractivity contribution in [2.24, 2.45) is 0 Å². The Morgan fingerprint density at radius 3 is 2.15 bits per heavy atom. The van der Waals surface area contributed by atoms with Crippen LogP contribution < -0.4 is 15.4 Å². The molecule has 0 heterocycles. The molecular weight excluding hydrogens is 360 g/mol. The van der Waals surface area contributed by atoms with Gasteiger partial charge in [-0.3, -0.25) is 4.79 Å². The van der Waals surface area contributed by atoms with E-state index in [4.69, 9.17) is 4.74 Å². The number of benzene rings is 3. The zero-order chi connectivity index (χ0) is 18.0. The number of nitrogens with one attached hydrogen (secondary N) is 2. The molecule has 1 amide bonds. The molecule has 0 aliphatic rings. The number of carbonyl (C=O) groups is 1. The lowest BCUT2D eigenvalue weighted by Gasteiger charge is -2.12. The molecule has 0 atom stereocenters. The Labute approximate surface area is 166 Å². The zero-order valence-electron chi connectivity index (χ0n) is 14.9. The van der Waals surface area contributed by atoms with Gasteiger partial charge in [-0.2, -0.15) is 0 Å². The summed E-state index contributed by atoms with van der Waals surface area (Å²) in [4.78, 5) is 12.0. The minimum Gasteiger partial charge on any atom is -0.483 e. The van der Waals surface area contributed by atoms with E-state index in [1.54, 1.807) is 0 Å². The van der Waals surface area contributed by atoms with Crippen molar-refractivity contribution in [2.45, 2.75) is 13.1 Å². The number of para-hydroxylation sites is 2. The summed E-state index contributed by atoms with van der Waals surface area (Å²) in [5.41, 5.74) is 3.02. The number of hydrogen-bond acceptors (Lipinski definition) is 3. The molecule has 0 unspecified atom stereocenters. The Morgan fingerprint density at radius 1 is 0.778 bits per heavy atom. The maximum absolute atomic E-state index is 12.0. The molecule has 3 aromatic carbocycles. The van der Waals surface area contributed by atoms with E-state index in [0.717, 1.165) is 23.5 Å². The van der Waals surface area contributed by atoms with Gasteiger partial charge in [0.1, 0.15) is 5.75 Å². The molecule has 0 radical (unpaired) electrons. The van der Waals surface area contributed by atoms with Gasteiger partial charge < -0.3 is 15.4 Å². The number of rotatable bonds is 8. The first-order valence-corrected chi connectivity index (χ1v) is 8.61. The lowest BCUT2D eigenvalue weighted by molar-refractivity contribution is -0.118. The van der Waals surface area contributed by atoms with E-state index in [0.29, 0.717) is 6.54 Å². The van der Waals surface area contributed by atoms with Crippen LogP contribution in [0.2, 0.25) is 0 Å². The summed E-state index contributed by atoms with van der Waals surface area (Å²) in [5.74, 6) is 0.541. The third kappa shape index (κ3) is 6.77. The number of hydrogen-bond donors (Lipinski definition) is 2. The fourth-order valence-corrected chi connectivity index (χ4v) is 2.59. The second-order valence-electron chi connectivity index (χ2n) is 5.90. The van der Waals surface area contributed by atoms with E-state index < -0.39 is 0 Å². The van der Waals surface area contributed by atoms with Crippen LogP contribution in [-0.4, -0.2) is 12.5 Å². The van der Waals surface area contributed by atoms with E-state index in [1.165, 1.54) is 5.56 Å². The molecule has 3 rings (SSSR count). The van der Waals surface area contributed by atoms with Gasteiger partial charge in [0.25, 0.3) is 5.91 Å². The molecule has 2 N–H and O–H groups in total. The van der Waals surface area contributed by atoms with Crippen molar-refractivity contribution in [1.29, 1.82) is 0 Å². The summed E-state index contributed by atoms with van der Waals surface area (Å²) in [7, 11) is 0. The average molecular weight is 383 g/mol. The summed E-state index contributed by atoms with van der Waals surface area (Å²) in [5, 5.41) is 6.22. The Morgan fingerprint density at radius 2 is 1.41 bits per heavy atom. The highest BCUT2D eigenvalue weighted by atomic mass is 35.5. The van der Waals surface area contributed by atoms with Crippen molar-refractivity contribution >= 4 is 24.0 Å². The Bertz CT molecular complexity index is 826. The molecule has 0 saturated heterocycles. The van der Waals surface area contributed by atoms with Gasteiger partial charge in [0, 0.05) is 24.3 Å². The average Bonchev–Trinajstić information content (AvgIpc) is 2.69. The lowest BCUT2D eigenvalue weighted by Crippen LogP contribution is -2.21. The van der Waals surface area contributed by atoms with Crippen LogP contribution in [-0.2, 0) is 17.9 Å². The van der Waals surface area contributed by atoms with E-state index in [-0.39, 0.29) is 24.9 Å². The molecule has 0 saturated carbocycles. The number of anilines is 1. The first-order chi connectivity index (χ1) is 12.8. The summed E-state index contributed by atoms with van der Waals surface area (Å²) in [6.45, 7) is 1.43. The molecule has 0 fully saturated rings. The lowest BCUT2D eigenvalue weighted by atomic mass is 10.2. The standard InChI is InChI=1S/C22H22N2O2.ClH/c25-22(24-20-12-5-2-6-13-20)17-26-21-14-8-7-11-19(21)16-23-15-18-9-3-1-4-10-18;/h1-14,23H,15-17H2,(H,24,25);1H. The van der Waals surface area contributed by atoms with Crippen LogP contribution in [0.4, 0.5) is 5.69 Å². The fourth-order valence-electron chi connectivity index (χ4n) is 2.59. The molecule has 27 heavy (non-hydrogen) atoms. The molecule has 0 aromatic heterocycles. The van der Waals surface area contributed by atoms with Crippen LogP contribution in [0.25, 0.3) is 0 Å². The predicted molar refractivity (Wildman–Crippen MR) is 111 cm³/mol. The van der Waals surface area contributed by atoms with E-state index in [2.05, 4.69) is 22.8 Å². The van der Waals surface area contributed by atoms with Gasteiger partial charge in [0.15, 0.2) is 6.61 Å². The quantitative estimate of drug-likeness (QED) is 0.606. The van der Waals surface area contributed by atoms with Crippen molar-refractivity contribution < 1.29 is 9.53 Å². The van der Waals surface area contributed by atoms with Crippen molar-refractivity contribution in [3.63, 3.8) is 0 Å². The van der Waals surface area contributed by atoms with Crippen molar-refractivity contribution in [1.82, 2.24) is 5.32 Å². The SMILES string of the molecule is Cl.O=C(COc1ccccc1CNCc1ccccc1)Nc1ccccc1. The molecule has 140 valence electrons. The number of halogens is 1. The molecule has 4 nitrogen and oxygen atoms in total. The van der Waals surface area contributed by atoms with Crippen LogP contribution in [0.3, 0.4) is 0 Å². The van der Waals surface area contributed by atoms with Crippen LogP contribution in [0.1, 0.15) is 11.1 Å². The summed E-state index contributed by atoms with van der Waals surface area (Å²) in [6.07, 6.45) is 0. The highest BCUT2D eigenvalue weighted by Crippen LogP contribution is 2.18. The third-order valence-corrected chi connectivity index (χ3v) is 3.88. The summed E-state index contributed by atoms with van der Waals surface area (Å²) >= 11 is 0. The van der Waals surface area contributed by atoms with Crippen molar-refractivity contribution in [3.8, 4) is 5.75 Å². The highest BCUT2D eigenvalue weighted by molar-refractivity contribution is 5.91. The summed E-state index contributed by atoms with van der Waals surface area (Å²) in [6, 6.07) is 27.4. The Hall–Kier alpha value is -2.82. The monoisotopic (exact) mass is 382 g/mol. The van der Waals surface area contributed by atoms with E-state index >= 15 is 0 Å². The second-order valence-corrected chi connectivity index (χ2v) is 5.90. The Kier molecular flexibility index (Phi) is 8.36. The van der Waals surface area contributed by atoms with Gasteiger partial charge in [0.2, 0.25) is 0 Å². The van der Waals surface area contributed by atoms with Crippen LogP contribution >= 0.6 is 12.4 Å². The fraction of sp³-hybridized carbons (Fsp3) is 0.136. The van der Waals surface area contributed by atoms with E-state index in [9.17, 15) is 4.79 Å². The Balaban J connectivity index is 0.00000261. The third-order valence-electron chi connectivity index (χ3n) is 3.88.